The zero-order valence-electron chi connectivity index (χ0n) is 20.9. The highest BCUT2D eigenvalue weighted by atomic mass is 16.6. The minimum atomic E-state index is -0.984. The molecule has 2 heterocycles. The molecule has 1 fully saturated rings. The van der Waals surface area contributed by atoms with Crippen molar-refractivity contribution < 1.29 is 19.0 Å². The molecule has 1 aromatic heterocycles. The van der Waals surface area contributed by atoms with E-state index in [0.29, 0.717) is 12.0 Å². The lowest BCUT2D eigenvalue weighted by atomic mass is 9.80. The fraction of sp³-hybridized carbons (Fsp3) is 0.233. The summed E-state index contributed by atoms with van der Waals surface area (Å²) < 4.78 is 19.7. The van der Waals surface area contributed by atoms with Crippen LogP contribution < -0.4 is 11.2 Å². The Kier molecular flexibility index (Phi) is 7.35. The monoisotopic (exact) mass is 512 g/mol. The van der Waals surface area contributed by atoms with E-state index >= 15 is 0 Å². The van der Waals surface area contributed by atoms with Crippen molar-refractivity contribution in [1.82, 2.24) is 9.55 Å². The quantitative estimate of drug-likeness (QED) is 0.271. The Bertz CT molecular complexity index is 1390. The maximum Gasteiger partial charge on any atom is 0.330 e. The third-order valence-electron chi connectivity index (χ3n) is 6.87. The van der Waals surface area contributed by atoms with Crippen molar-refractivity contribution in [2.24, 2.45) is 0 Å². The van der Waals surface area contributed by atoms with Crippen LogP contribution in [0, 0.1) is 6.92 Å². The van der Waals surface area contributed by atoms with E-state index in [4.69, 9.17) is 14.2 Å². The summed E-state index contributed by atoms with van der Waals surface area (Å²) in [6.07, 6.45) is -0.379. The average Bonchev–Trinajstić information content (AvgIpc) is 3.35. The summed E-state index contributed by atoms with van der Waals surface area (Å²) >= 11 is 0. The summed E-state index contributed by atoms with van der Waals surface area (Å²) in [5.74, 6) is 0. The molecule has 0 spiro atoms. The molecule has 8 nitrogen and oxygen atoms in total. The van der Waals surface area contributed by atoms with Gasteiger partial charge in [0, 0.05) is 18.2 Å². The predicted molar refractivity (Wildman–Crippen MR) is 141 cm³/mol. The fourth-order valence-electron chi connectivity index (χ4n) is 5.01. The molecule has 1 unspecified atom stereocenters. The van der Waals surface area contributed by atoms with Gasteiger partial charge in [-0.05, 0) is 23.6 Å². The first-order valence-corrected chi connectivity index (χ1v) is 12.4. The van der Waals surface area contributed by atoms with Crippen LogP contribution in [0.4, 0.5) is 0 Å². The Hall–Kier alpha value is -4.27. The summed E-state index contributed by atoms with van der Waals surface area (Å²) in [4.78, 5) is 38.0. The molecule has 3 aromatic carbocycles. The molecule has 38 heavy (non-hydrogen) atoms. The van der Waals surface area contributed by atoms with Gasteiger partial charge in [-0.25, -0.2) is 4.79 Å². The molecule has 4 aromatic rings. The van der Waals surface area contributed by atoms with Crippen LogP contribution in [0.1, 0.15) is 34.9 Å². The van der Waals surface area contributed by atoms with E-state index in [0.717, 1.165) is 16.7 Å². The number of nitrogens with one attached hydrogen (secondary N) is 1. The molecule has 0 amide bonds. The van der Waals surface area contributed by atoms with Crippen molar-refractivity contribution in [3.63, 3.8) is 0 Å². The van der Waals surface area contributed by atoms with Gasteiger partial charge in [-0.15, -0.1) is 0 Å². The summed E-state index contributed by atoms with van der Waals surface area (Å²) in [7, 11) is 0. The van der Waals surface area contributed by atoms with Crippen LogP contribution >= 0.6 is 0 Å². The minimum Gasteiger partial charge on any atom is -0.462 e. The molecule has 0 bridgehead atoms. The second-order valence-electron chi connectivity index (χ2n) is 9.20. The van der Waals surface area contributed by atoms with Crippen molar-refractivity contribution in [3.05, 3.63) is 140 Å². The highest BCUT2D eigenvalue weighted by Crippen LogP contribution is 2.41. The van der Waals surface area contributed by atoms with Gasteiger partial charge in [-0.3, -0.25) is 19.1 Å². The van der Waals surface area contributed by atoms with E-state index in [1.165, 1.54) is 10.8 Å². The van der Waals surface area contributed by atoms with Gasteiger partial charge >= 0.3 is 5.69 Å². The minimum absolute atomic E-state index is 0.0603. The van der Waals surface area contributed by atoms with Crippen LogP contribution in [0.15, 0.2) is 107 Å². The molecule has 8 heteroatoms. The Morgan fingerprint density at radius 2 is 1.45 bits per heavy atom. The molecule has 0 aliphatic carbocycles. The molecule has 3 atom stereocenters. The highest BCUT2D eigenvalue weighted by molar-refractivity contribution is 5.47. The number of hydrogen-bond donors (Lipinski definition) is 1. The molecular formula is C30H28N2O6. The number of ether oxygens (including phenoxy) is 3. The third kappa shape index (κ3) is 4.83. The van der Waals surface area contributed by atoms with Gasteiger partial charge in [0.15, 0.2) is 0 Å². The predicted octanol–water partition coefficient (Wildman–Crippen LogP) is 3.68. The SMILES string of the molecule is Cc1cn([C@H]2CC(OC=O)[C@@H](COC(c3ccccc3)(c3ccccc3)c3ccccc3)O2)c(=O)[nH]c1=O. The summed E-state index contributed by atoms with van der Waals surface area (Å²) in [5.41, 5.74) is 1.11. The normalized spacial score (nSPS) is 19.2. The van der Waals surface area contributed by atoms with Crippen LogP contribution in [0.2, 0.25) is 0 Å². The van der Waals surface area contributed by atoms with Gasteiger partial charge in [0.2, 0.25) is 0 Å². The highest BCUT2D eigenvalue weighted by Gasteiger charge is 2.43. The molecule has 0 saturated carbocycles. The topological polar surface area (TPSA) is 99.6 Å². The van der Waals surface area contributed by atoms with Crippen molar-refractivity contribution in [1.29, 1.82) is 0 Å². The fourth-order valence-corrected chi connectivity index (χ4v) is 5.01. The van der Waals surface area contributed by atoms with Crippen molar-refractivity contribution >= 4 is 6.47 Å². The lowest BCUT2D eigenvalue weighted by Gasteiger charge is -2.37. The number of nitrogens with zero attached hydrogens (tertiary/aromatic N) is 1. The second-order valence-corrected chi connectivity index (χ2v) is 9.20. The van der Waals surface area contributed by atoms with E-state index < -0.39 is 35.3 Å². The van der Waals surface area contributed by atoms with Gasteiger partial charge in [0.25, 0.3) is 12.0 Å². The number of aromatic nitrogens is 2. The first-order valence-electron chi connectivity index (χ1n) is 12.4. The number of H-pyrrole nitrogens is 1. The van der Waals surface area contributed by atoms with Crippen LogP contribution in [-0.4, -0.2) is 34.8 Å². The van der Waals surface area contributed by atoms with E-state index in [9.17, 15) is 14.4 Å². The summed E-state index contributed by atoms with van der Waals surface area (Å²) in [6, 6.07) is 29.7. The van der Waals surface area contributed by atoms with Crippen molar-refractivity contribution in [2.45, 2.75) is 37.4 Å². The van der Waals surface area contributed by atoms with Gasteiger partial charge in [0.05, 0.1) is 6.61 Å². The Morgan fingerprint density at radius 3 is 1.95 bits per heavy atom. The largest absolute Gasteiger partial charge is 0.462 e. The van der Waals surface area contributed by atoms with Crippen molar-refractivity contribution in [3.8, 4) is 0 Å². The lowest BCUT2D eigenvalue weighted by molar-refractivity contribution is -0.141. The van der Waals surface area contributed by atoms with Crippen LogP contribution in [-0.2, 0) is 24.6 Å². The van der Waals surface area contributed by atoms with E-state index in [1.54, 1.807) is 6.92 Å². The summed E-state index contributed by atoms with van der Waals surface area (Å²) in [5, 5.41) is 0. The Labute approximate surface area is 219 Å². The van der Waals surface area contributed by atoms with Crippen molar-refractivity contribution in [2.75, 3.05) is 6.61 Å². The zero-order chi connectivity index (χ0) is 26.5. The molecule has 194 valence electrons. The third-order valence-corrected chi connectivity index (χ3v) is 6.87. The Balaban J connectivity index is 1.53. The molecule has 1 aliphatic heterocycles. The van der Waals surface area contributed by atoms with Crippen LogP contribution in [0.5, 0.6) is 0 Å². The number of aryl methyl sites for hydroxylation is 1. The maximum atomic E-state index is 12.5. The lowest BCUT2D eigenvalue weighted by Crippen LogP contribution is -2.38. The molecule has 0 radical (unpaired) electrons. The number of rotatable bonds is 9. The van der Waals surface area contributed by atoms with Crippen LogP contribution in [0.3, 0.4) is 0 Å². The van der Waals surface area contributed by atoms with E-state index in [1.807, 2.05) is 91.0 Å². The molecule has 1 aliphatic rings. The first-order chi connectivity index (χ1) is 18.5. The van der Waals surface area contributed by atoms with Crippen LogP contribution in [0.25, 0.3) is 0 Å². The molecule has 1 saturated heterocycles. The molecule has 5 rings (SSSR count). The van der Waals surface area contributed by atoms with Gasteiger partial charge < -0.3 is 14.2 Å². The maximum absolute atomic E-state index is 12.5. The van der Waals surface area contributed by atoms with Gasteiger partial charge in [0.1, 0.15) is 24.0 Å². The van der Waals surface area contributed by atoms with Gasteiger partial charge in [-0.1, -0.05) is 91.0 Å². The smallest absolute Gasteiger partial charge is 0.330 e. The zero-order valence-corrected chi connectivity index (χ0v) is 20.9. The first kappa shape index (κ1) is 25.4. The number of benzene rings is 3. The molecule has 1 N–H and O–H groups in total. The second kappa shape index (κ2) is 11.0. The Morgan fingerprint density at radius 1 is 0.921 bits per heavy atom. The number of carbonyl (C=O) groups excluding carboxylic acids is 1. The number of carbonyl (C=O) groups is 1. The van der Waals surface area contributed by atoms with E-state index in [-0.39, 0.29) is 13.0 Å². The average molecular weight is 513 g/mol. The number of aromatic amines is 1. The number of hydrogen-bond acceptors (Lipinski definition) is 6. The van der Waals surface area contributed by atoms with Gasteiger partial charge in [-0.2, -0.15) is 0 Å². The molecular weight excluding hydrogens is 484 g/mol. The summed E-state index contributed by atoms with van der Waals surface area (Å²) in [6.45, 7) is 2.05. The standard InChI is InChI=1S/C30H28N2O6/c1-21-18-32(29(35)31-28(21)34)27-17-25(36-20-33)26(38-27)19-37-30(22-11-5-2-6-12-22,23-13-7-3-8-14-23)24-15-9-4-10-16-24/h2-16,18,20,25-27H,17,19H2,1H3,(H,31,34,35)/t25?,26-,27-/m1/s1. The van der Waals surface area contributed by atoms with E-state index in [2.05, 4.69) is 4.98 Å².